The number of methoxy groups -OCH3 is 1. The topological polar surface area (TPSA) is 129 Å². The van der Waals surface area contributed by atoms with Gasteiger partial charge >= 0.3 is 12.1 Å². The van der Waals surface area contributed by atoms with Crippen molar-refractivity contribution < 1.29 is 35.9 Å². The van der Waals surface area contributed by atoms with Crippen LogP contribution in [0.3, 0.4) is 0 Å². The molecule has 1 aliphatic carbocycles. The Hall–Kier alpha value is -4.11. The molecule has 1 atom stereocenters. The number of fused-ring (bicyclic) bond motifs is 2. The number of pyridine rings is 3. The number of ether oxygens (including phenoxy) is 2. The molecule has 1 spiro atoms. The maximum atomic E-state index is 14.0. The lowest BCUT2D eigenvalue weighted by atomic mass is 9.71. The van der Waals surface area contributed by atoms with Crippen molar-refractivity contribution in [1.82, 2.24) is 28.9 Å². The number of alkyl halides is 3. The van der Waals surface area contributed by atoms with E-state index in [1.54, 1.807) is 52.2 Å². The fourth-order valence-electron chi connectivity index (χ4n) is 6.12. The molecule has 46 heavy (non-hydrogen) atoms. The Balaban J connectivity index is 1.47. The number of aromatic nitrogens is 5. The molecule has 2 aliphatic rings. The number of nitrogens with zero attached hydrogens (tertiary/aromatic N) is 6. The predicted octanol–water partition coefficient (Wildman–Crippen LogP) is 4.91. The number of carbonyl (C=O) groups is 1. The van der Waals surface area contributed by atoms with Crippen LogP contribution in [0.25, 0.3) is 5.65 Å². The molecule has 5 heterocycles. The van der Waals surface area contributed by atoms with E-state index in [9.17, 15) is 26.4 Å². The summed E-state index contributed by atoms with van der Waals surface area (Å²) in [6.07, 6.45) is 1.05. The van der Waals surface area contributed by atoms with E-state index in [-0.39, 0.29) is 29.5 Å². The molecule has 0 aromatic carbocycles. The van der Waals surface area contributed by atoms with Gasteiger partial charge in [-0.2, -0.15) is 17.5 Å². The number of aryl methyl sites for hydroxylation is 3. The summed E-state index contributed by atoms with van der Waals surface area (Å²) < 4.78 is 82.4. The third-order valence-corrected chi connectivity index (χ3v) is 10.7. The van der Waals surface area contributed by atoms with E-state index in [1.165, 1.54) is 23.7 Å². The van der Waals surface area contributed by atoms with Crippen molar-refractivity contribution in [1.29, 1.82) is 0 Å². The molecule has 0 unspecified atom stereocenters. The molecule has 1 aliphatic heterocycles. The van der Waals surface area contributed by atoms with Crippen LogP contribution in [-0.4, -0.2) is 62.5 Å². The number of sulfonamides is 1. The molecule has 0 radical (unpaired) electrons. The fourth-order valence-corrected chi connectivity index (χ4v) is 7.76. The molecular formula is C31H33F3N6O5S. The van der Waals surface area contributed by atoms with Gasteiger partial charge in [-0.1, -0.05) is 0 Å². The highest BCUT2D eigenvalue weighted by molar-refractivity contribution is 7.89. The number of carbonyl (C=O) groups excluding carboxylic acids is 1. The van der Waals surface area contributed by atoms with Crippen molar-refractivity contribution >= 4 is 21.6 Å². The van der Waals surface area contributed by atoms with Crippen molar-refractivity contribution in [3.8, 4) is 5.88 Å². The van der Waals surface area contributed by atoms with Gasteiger partial charge in [-0.15, -0.1) is 10.2 Å². The zero-order valence-electron chi connectivity index (χ0n) is 26.1. The molecular weight excluding hydrogens is 625 g/mol. The standard InChI is InChI=1S/C31H33F3N6O5S/c1-17-11-23-26(36-13-17)45-30(8-9-30)16-39(46(23,42)43)15-20-12-22(35-14-18(20)2)24(29(4,5)28(41)44-6)21-7-10-40-25(19(21)3)37-38-27(40)31(32,33)34/h7,10-14,24H,8-9,15-16H2,1-6H3/t24-/m0/s1. The highest BCUT2D eigenvalue weighted by Crippen LogP contribution is 2.47. The normalized spacial score (nSPS) is 18.1. The molecule has 4 aromatic heterocycles. The van der Waals surface area contributed by atoms with E-state index < -0.39 is 44.9 Å². The molecule has 244 valence electrons. The van der Waals surface area contributed by atoms with Crippen LogP contribution in [0.15, 0.2) is 41.7 Å². The van der Waals surface area contributed by atoms with Gasteiger partial charge < -0.3 is 9.47 Å². The Kier molecular flexibility index (Phi) is 7.43. The van der Waals surface area contributed by atoms with Crippen LogP contribution >= 0.6 is 0 Å². The molecule has 0 N–H and O–H groups in total. The smallest absolute Gasteiger partial charge is 0.452 e. The average Bonchev–Trinajstić information content (AvgIpc) is 3.60. The van der Waals surface area contributed by atoms with Gasteiger partial charge in [0.25, 0.3) is 0 Å². The monoisotopic (exact) mass is 658 g/mol. The summed E-state index contributed by atoms with van der Waals surface area (Å²) in [6, 6.07) is 4.80. The molecule has 0 saturated heterocycles. The number of hydrogen-bond donors (Lipinski definition) is 0. The van der Waals surface area contributed by atoms with Gasteiger partial charge in [-0.05, 0) is 93.5 Å². The van der Waals surface area contributed by atoms with E-state index in [1.807, 2.05) is 6.92 Å². The van der Waals surface area contributed by atoms with Crippen molar-refractivity contribution in [3.05, 3.63) is 76.1 Å². The molecule has 11 nitrogen and oxygen atoms in total. The van der Waals surface area contributed by atoms with Crippen molar-refractivity contribution in [2.75, 3.05) is 13.7 Å². The molecule has 0 bridgehead atoms. The molecule has 0 amide bonds. The number of esters is 1. The second-order valence-corrected chi connectivity index (χ2v) is 14.6. The van der Waals surface area contributed by atoms with Gasteiger partial charge in [0, 0.05) is 36.7 Å². The van der Waals surface area contributed by atoms with Gasteiger partial charge in [0.05, 0.1) is 19.1 Å². The van der Waals surface area contributed by atoms with Gasteiger partial charge in [0.2, 0.25) is 21.7 Å². The summed E-state index contributed by atoms with van der Waals surface area (Å²) >= 11 is 0. The predicted molar refractivity (Wildman–Crippen MR) is 159 cm³/mol. The van der Waals surface area contributed by atoms with Crippen LogP contribution in [0, 0.1) is 26.2 Å². The van der Waals surface area contributed by atoms with Crippen molar-refractivity contribution in [3.63, 3.8) is 0 Å². The lowest BCUT2D eigenvalue weighted by Crippen LogP contribution is -2.38. The van der Waals surface area contributed by atoms with E-state index in [2.05, 4.69) is 20.2 Å². The first kappa shape index (κ1) is 31.9. The van der Waals surface area contributed by atoms with Crippen LogP contribution in [-0.2, 0) is 32.3 Å². The van der Waals surface area contributed by atoms with Gasteiger partial charge in [0.1, 0.15) is 10.5 Å². The summed E-state index contributed by atoms with van der Waals surface area (Å²) in [5.41, 5.74) is 1.36. The van der Waals surface area contributed by atoms with Crippen molar-refractivity contribution in [2.45, 2.75) is 76.6 Å². The second kappa shape index (κ2) is 10.7. The summed E-state index contributed by atoms with van der Waals surface area (Å²) in [4.78, 5) is 22.2. The van der Waals surface area contributed by atoms with Crippen molar-refractivity contribution in [2.24, 2.45) is 5.41 Å². The molecule has 1 fully saturated rings. The third kappa shape index (κ3) is 5.28. The average molecular weight is 659 g/mol. The maximum Gasteiger partial charge on any atom is 0.452 e. The number of rotatable bonds is 6. The summed E-state index contributed by atoms with van der Waals surface area (Å²) in [7, 11) is -2.76. The number of halogens is 3. The van der Waals surface area contributed by atoms with E-state index in [0.717, 1.165) is 4.40 Å². The first-order chi connectivity index (χ1) is 21.5. The largest absolute Gasteiger partial charge is 0.469 e. The Labute approximate surface area is 263 Å². The summed E-state index contributed by atoms with van der Waals surface area (Å²) in [5, 5.41) is 7.18. The lowest BCUT2D eigenvalue weighted by Gasteiger charge is -2.33. The summed E-state index contributed by atoms with van der Waals surface area (Å²) in [6.45, 7) is 8.63. The van der Waals surface area contributed by atoms with Gasteiger partial charge in [0.15, 0.2) is 5.65 Å². The van der Waals surface area contributed by atoms with Crippen LogP contribution in [0.4, 0.5) is 13.2 Å². The first-order valence-corrected chi connectivity index (χ1v) is 16.0. The highest BCUT2D eigenvalue weighted by atomic mass is 32.2. The molecule has 15 heteroatoms. The van der Waals surface area contributed by atoms with Crippen LogP contribution in [0.1, 0.15) is 71.9 Å². The van der Waals surface area contributed by atoms with E-state index >= 15 is 0 Å². The maximum absolute atomic E-state index is 14.0. The Morgan fingerprint density at radius 2 is 1.83 bits per heavy atom. The highest BCUT2D eigenvalue weighted by Gasteiger charge is 2.52. The molecule has 1 saturated carbocycles. The number of hydrogen-bond acceptors (Lipinski definition) is 9. The molecule has 4 aromatic rings. The first-order valence-electron chi connectivity index (χ1n) is 14.6. The zero-order chi connectivity index (χ0) is 33.4. The van der Waals surface area contributed by atoms with E-state index in [4.69, 9.17) is 9.47 Å². The fraction of sp³-hybridized carbons (Fsp3) is 0.452. The van der Waals surface area contributed by atoms with Crippen LogP contribution in [0.5, 0.6) is 5.88 Å². The molecule has 6 rings (SSSR count). The van der Waals surface area contributed by atoms with Gasteiger partial charge in [-0.3, -0.25) is 14.2 Å². The Morgan fingerprint density at radius 3 is 2.48 bits per heavy atom. The minimum Gasteiger partial charge on any atom is -0.469 e. The Morgan fingerprint density at radius 1 is 1.11 bits per heavy atom. The zero-order valence-corrected chi connectivity index (χ0v) is 27.0. The minimum atomic E-state index is -4.72. The Bertz CT molecular complexity index is 1990. The second-order valence-electron chi connectivity index (χ2n) is 12.7. The quantitative estimate of drug-likeness (QED) is 0.266. The van der Waals surface area contributed by atoms with Gasteiger partial charge in [-0.25, -0.2) is 13.4 Å². The van der Waals surface area contributed by atoms with E-state index in [0.29, 0.717) is 46.4 Å². The third-order valence-electron chi connectivity index (χ3n) is 8.90. The lowest BCUT2D eigenvalue weighted by molar-refractivity contribution is -0.151. The van der Waals surface area contributed by atoms with Crippen LogP contribution in [0.2, 0.25) is 0 Å². The van der Waals surface area contributed by atoms with Crippen LogP contribution < -0.4 is 4.74 Å². The summed E-state index contributed by atoms with van der Waals surface area (Å²) in [5.74, 6) is -2.47. The minimum absolute atomic E-state index is 0.00312. The SMILES string of the molecule is COC(=O)C(C)(C)[C@H](c1cc(CN2CC3(CC3)Oc3ncc(C)cc3S2(=O)=O)c(C)cn1)c1ccn2c(C(F)(F)F)nnc2c1C.